The molecule has 2 atom stereocenters. The van der Waals surface area contributed by atoms with E-state index in [4.69, 9.17) is 0 Å². The first-order valence-electron chi connectivity index (χ1n) is 8.93. The molecule has 0 spiro atoms. The lowest BCUT2D eigenvalue weighted by atomic mass is 9.90. The highest BCUT2D eigenvalue weighted by Crippen LogP contribution is 2.25. The largest absolute Gasteiger partial charge is 0.349 e. The van der Waals surface area contributed by atoms with Crippen LogP contribution < -0.4 is 5.32 Å². The van der Waals surface area contributed by atoms with E-state index >= 15 is 0 Å². The van der Waals surface area contributed by atoms with E-state index in [9.17, 15) is 9.59 Å². The first-order valence-corrected chi connectivity index (χ1v) is 8.93. The quantitative estimate of drug-likeness (QED) is 0.836. The van der Waals surface area contributed by atoms with E-state index in [1.54, 1.807) is 12.4 Å². The Morgan fingerprint density at radius 1 is 1.40 bits per heavy atom. The Hall–Kier alpha value is -2.17. The van der Waals surface area contributed by atoms with Crippen molar-refractivity contribution < 1.29 is 9.59 Å². The van der Waals surface area contributed by atoms with Crippen molar-refractivity contribution >= 4 is 11.8 Å². The fraction of sp³-hybridized carbons (Fsp3) is 0.550. The fourth-order valence-corrected chi connectivity index (χ4v) is 3.18. The molecule has 1 aromatic heterocycles. The SMILES string of the molecule is C=CCC(NC(=O)C1CCCN(C(=O)C(C)(C)C)C1)c1ccncc1. The lowest BCUT2D eigenvalue weighted by Crippen LogP contribution is -2.49. The van der Waals surface area contributed by atoms with Crippen LogP contribution >= 0.6 is 0 Å². The van der Waals surface area contributed by atoms with E-state index < -0.39 is 5.41 Å². The highest BCUT2D eigenvalue weighted by molar-refractivity contribution is 5.84. The molecule has 1 N–H and O–H groups in total. The van der Waals surface area contributed by atoms with Crippen molar-refractivity contribution in [2.75, 3.05) is 13.1 Å². The van der Waals surface area contributed by atoms with E-state index in [0.29, 0.717) is 13.0 Å². The van der Waals surface area contributed by atoms with Gasteiger partial charge in [0.05, 0.1) is 12.0 Å². The molecule has 2 unspecified atom stereocenters. The zero-order valence-electron chi connectivity index (χ0n) is 15.5. The predicted octanol–water partition coefficient (Wildman–Crippen LogP) is 3.10. The van der Waals surface area contributed by atoms with Gasteiger partial charge in [-0.15, -0.1) is 6.58 Å². The van der Waals surface area contributed by atoms with Crippen LogP contribution in [0.4, 0.5) is 0 Å². The zero-order valence-corrected chi connectivity index (χ0v) is 15.5. The van der Waals surface area contributed by atoms with Gasteiger partial charge in [-0.05, 0) is 37.0 Å². The number of aromatic nitrogens is 1. The van der Waals surface area contributed by atoms with Crippen molar-refractivity contribution in [2.45, 2.75) is 46.1 Å². The normalized spacial score (nSPS) is 19.2. The summed E-state index contributed by atoms with van der Waals surface area (Å²) in [7, 11) is 0. The zero-order chi connectivity index (χ0) is 18.4. The van der Waals surface area contributed by atoms with E-state index in [-0.39, 0.29) is 23.8 Å². The van der Waals surface area contributed by atoms with Gasteiger partial charge in [0.25, 0.3) is 0 Å². The summed E-state index contributed by atoms with van der Waals surface area (Å²) in [6.45, 7) is 10.8. The van der Waals surface area contributed by atoms with Crippen molar-refractivity contribution in [2.24, 2.45) is 11.3 Å². The average molecular weight is 343 g/mol. The smallest absolute Gasteiger partial charge is 0.227 e. The molecule has 5 nitrogen and oxygen atoms in total. The third-order valence-corrected chi connectivity index (χ3v) is 4.55. The Kier molecular flexibility index (Phi) is 6.34. The summed E-state index contributed by atoms with van der Waals surface area (Å²) in [6.07, 6.45) is 7.59. The highest BCUT2D eigenvalue weighted by atomic mass is 16.2. The molecule has 0 saturated carbocycles. The number of hydrogen-bond donors (Lipinski definition) is 1. The molecule has 136 valence electrons. The Balaban J connectivity index is 2.03. The summed E-state index contributed by atoms with van der Waals surface area (Å²) in [4.78, 5) is 31.1. The van der Waals surface area contributed by atoms with Crippen molar-refractivity contribution in [3.8, 4) is 0 Å². The number of rotatable bonds is 5. The second-order valence-corrected chi connectivity index (χ2v) is 7.71. The van der Waals surface area contributed by atoms with Crippen LogP contribution in [0, 0.1) is 11.3 Å². The minimum Gasteiger partial charge on any atom is -0.349 e. The van der Waals surface area contributed by atoms with E-state index in [0.717, 1.165) is 24.9 Å². The lowest BCUT2D eigenvalue weighted by molar-refractivity contribution is -0.142. The van der Waals surface area contributed by atoms with Gasteiger partial charge in [0, 0.05) is 30.9 Å². The number of carbonyl (C=O) groups is 2. The van der Waals surface area contributed by atoms with Crippen LogP contribution in [0.15, 0.2) is 37.2 Å². The Morgan fingerprint density at radius 3 is 2.68 bits per heavy atom. The van der Waals surface area contributed by atoms with Gasteiger partial charge in [-0.1, -0.05) is 26.8 Å². The maximum atomic E-state index is 12.8. The van der Waals surface area contributed by atoms with E-state index in [1.165, 1.54) is 0 Å². The monoisotopic (exact) mass is 343 g/mol. The molecule has 1 aliphatic rings. The first kappa shape index (κ1) is 19.2. The van der Waals surface area contributed by atoms with Gasteiger partial charge in [0.2, 0.25) is 11.8 Å². The van der Waals surface area contributed by atoms with Crippen molar-refractivity contribution in [3.63, 3.8) is 0 Å². The molecule has 0 bridgehead atoms. The van der Waals surface area contributed by atoms with Crippen molar-refractivity contribution in [3.05, 3.63) is 42.7 Å². The van der Waals surface area contributed by atoms with Crippen LogP contribution in [0.2, 0.25) is 0 Å². The van der Waals surface area contributed by atoms with Crippen LogP contribution in [0.1, 0.15) is 51.6 Å². The van der Waals surface area contributed by atoms with Gasteiger partial charge in [0.1, 0.15) is 0 Å². The maximum Gasteiger partial charge on any atom is 0.227 e. The summed E-state index contributed by atoms with van der Waals surface area (Å²) in [5.41, 5.74) is 0.600. The third-order valence-electron chi connectivity index (χ3n) is 4.55. The van der Waals surface area contributed by atoms with Crippen LogP contribution in [0.3, 0.4) is 0 Å². The summed E-state index contributed by atoms with van der Waals surface area (Å²) >= 11 is 0. The average Bonchev–Trinajstić information content (AvgIpc) is 2.60. The molecule has 2 heterocycles. The second-order valence-electron chi connectivity index (χ2n) is 7.71. The van der Waals surface area contributed by atoms with Crippen LogP contribution in [0.5, 0.6) is 0 Å². The molecule has 0 radical (unpaired) electrons. The van der Waals surface area contributed by atoms with Gasteiger partial charge >= 0.3 is 0 Å². The predicted molar refractivity (Wildman–Crippen MR) is 98.7 cm³/mol. The van der Waals surface area contributed by atoms with Crippen LogP contribution in [0.25, 0.3) is 0 Å². The number of nitrogens with one attached hydrogen (secondary N) is 1. The topological polar surface area (TPSA) is 62.3 Å². The fourth-order valence-electron chi connectivity index (χ4n) is 3.18. The summed E-state index contributed by atoms with van der Waals surface area (Å²) in [5.74, 6) is -0.0361. The Morgan fingerprint density at radius 2 is 2.08 bits per heavy atom. The summed E-state index contributed by atoms with van der Waals surface area (Å²) in [6, 6.07) is 3.71. The number of pyridine rings is 1. The summed E-state index contributed by atoms with van der Waals surface area (Å²) in [5, 5.41) is 3.13. The van der Waals surface area contributed by atoms with Crippen molar-refractivity contribution in [1.82, 2.24) is 15.2 Å². The minimum absolute atomic E-state index is 0.00933. The van der Waals surface area contributed by atoms with Crippen LogP contribution in [-0.2, 0) is 9.59 Å². The molecule has 1 saturated heterocycles. The number of piperidine rings is 1. The third kappa shape index (κ3) is 5.15. The van der Waals surface area contributed by atoms with Gasteiger partial charge in [-0.25, -0.2) is 0 Å². The maximum absolute atomic E-state index is 12.8. The van der Waals surface area contributed by atoms with E-state index in [2.05, 4.69) is 16.9 Å². The standard InChI is InChI=1S/C20H29N3O2/c1-5-7-17(15-9-11-21-12-10-15)22-18(24)16-8-6-13-23(14-16)19(25)20(2,3)4/h5,9-12,16-17H,1,6-8,13-14H2,2-4H3,(H,22,24). The number of carbonyl (C=O) groups excluding carboxylic acids is 2. The molecule has 0 aliphatic carbocycles. The molecular formula is C20H29N3O2. The van der Waals surface area contributed by atoms with Crippen LogP contribution in [-0.4, -0.2) is 34.8 Å². The number of hydrogen-bond acceptors (Lipinski definition) is 3. The number of likely N-dealkylation sites (tertiary alicyclic amines) is 1. The van der Waals surface area contributed by atoms with Gasteiger partial charge in [-0.3, -0.25) is 14.6 Å². The molecule has 25 heavy (non-hydrogen) atoms. The molecule has 1 aromatic rings. The number of nitrogens with zero attached hydrogens (tertiary/aromatic N) is 2. The lowest BCUT2D eigenvalue weighted by Gasteiger charge is -2.36. The van der Waals surface area contributed by atoms with Gasteiger partial charge < -0.3 is 10.2 Å². The molecule has 2 amide bonds. The molecule has 1 aliphatic heterocycles. The Bertz CT molecular complexity index is 607. The number of amides is 2. The molecule has 1 fully saturated rings. The molecular weight excluding hydrogens is 314 g/mol. The first-order chi connectivity index (χ1) is 11.8. The molecule has 2 rings (SSSR count). The second kappa shape index (κ2) is 8.28. The van der Waals surface area contributed by atoms with Gasteiger partial charge in [0.15, 0.2) is 0 Å². The minimum atomic E-state index is -0.416. The highest BCUT2D eigenvalue weighted by Gasteiger charge is 2.33. The molecule has 0 aromatic carbocycles. The Labute approximate surface area is 150 Å². The van der Waals surface area contributed by atoms with Crippen molar-refractivity contribution in [1.29, 1.82) is 0 Å². The van der Waals surface area contributed by atoms with Gasteiger partial charge in [-0.2, -0.15) is 0 Å². The van der Waals surface area contributed by atoms with E-state index in [1.807, 2.05) is 43.9 Å². The summed E-state index contributed by atoms with van der Waals surface area (Å²) < 4.78 is 0. The molecule has 5 heteroatoms.